The van der Waals surface area contributed by atoms with Gasteiger partial charge in [0, 0.05) is 12.6 Å². The summed E-state index contributed by atoms with van der Waals surface area (Å²) >= 11 is 0. The second-order valence-electron chi connectivity index (χ2n) is 4.80. The van der Waals surface area contributed by atoms with Crippen LogP contribution in [0.15, 0.2) is 18.2 Å². The molecule has 1 aliphatic rings. The minimum absolute atomic E-state index is 0.274. The van der Waals surface area contributed by atoms with Crippen LogP contribution in [0, 0.1) is 6.92 Å². The van der Waals surface area contributed by atoms with Crippen molar-refractivity contribution < 1.29 is 5.11 Å². The van der Waals surface area contributed by atoms with Crippen molar-refractivity contribution in [2.24, 2.45) is 0 Å². The Hall–Kier alpha value is -0.860. The van der Waals surface area contributed by atoms with Crippen LogP contribution in [-0.4, -0.2) is 18.3 Å². The first kappa shape index (κ1) is 11.6. The van der Waals surface area contributed by atoms with Crippen LogP contribution < -0.4 is 5.32 Å². The maximum absolute atomic E-state index is 8.79. The van der Waals surface area contributed by atoms with Crippen LogP contribution in [0.2, 0.25) is 0 Å². The van der Waals surface area contributed by atoms with Gasteiger partial charge in [-0.15, -0.1) is 0 Å². The molecule has 0 spiro atoms. The fourth-order valence-electron chi connectivity index (χ4n) is 2.83. The standard InChI is InChI=1S/C14H21NO/c1-10-5-3-6-12-13(15-7-4-8-16)9-11(2)14(10)12/h3,5-6,11,13,15-16H,4,7-9H2,1-2H3. The monoisotopic (exact) mass is 219 g/mol. The molecule has 0 saturated carbocycles. The van der Waals surface area contributed by atoms with Crippen LogP contribution >= 0.6 is 0 Å². The summed E-state index contributed by atoms with van der Waals surface area (Å²) in [6.45, 7) is 5.68. The fraction of sp³-hybridized carbons (Fsp3) is 0.571. The third-order valence-electron chi connectivity index (χ3n) is 3.54. The number of benzene rings is 1. The minimum Gasteiger partial charge on any atom is -0.396 e. The van der Waals surface area contributed by atoms with Crippen LogP contribution in [0.3, 0.4) is 0 Å². The molecular weight excluding hydrogens is 198 g/mol. The van der Waals surface area contributed by atoms with E-state index in [1.807, 2.05) is 0 Å². The van der Waals surface area contributed by atoms with Crippen molar-refractivity contribution in [2.75, 3.05) is 13.2 Å². The Balaban J connectivity index is 2.13. The van der Waals surface area contributed by atoms with Gasteiger partial charge in [-0.1, -0.05) is 25.1 Å². The molecule has 2 unspecified atom stereocenters. The molecule has 2 heteroatoms. The Morgan fingerprint density at radius 1 is 1.44 bits per heavy atom. The van der Waals surface area contributed by atoms with Gasteiger partial charge in [0.05, 0.1) is 0 Å². The van der Waals surface area contributed by atoms with Crippen LogP contribution in [0.4, 0.5) is 0 Å². The summed E-state index contributed by atoms with van der Waals surface area (Å²) in [6.07, 6.45) is 2.03. The Kier molecular flexibility index (Phi) is 3.62. The van der Waals surface area contributed by atoms with E-state index in [9.17, 15) is 0 Å². The third-order valence-corrected chi connectivity index (χ3v) is 3.54. The molecule has 0 fully saturated rings. The molecule has 0 amide bonds. The number of hydrogen-bond acceptors (Lipinski definition) is 2. The predicted molar refractivity (Wildman–Crippen MR) is 66.7 cm³/mol. The van der Waals surface area contributed by atoms with E-state index in [1.54, 1.807) is 0 Å². The number of nitrogens with one attached hydrogen (secondary N) is 1. The first-order valence-electron chi connectivity index (χ1n) is 6.17. The van der Waals surface area contributed by atoms with Gasteiger partial charge in [-0.2, -0.15) is 0 Å². The number of aryl methyl sites for hydroxylation is 1. The molecule has 1 aromatic carbocycles. The van der Waals surface area contributed by atoms with Gasteiger partial charge in [-0.3, -0.25) is 0 Å². The lowest BCUT2D eigenvalue weighted by Gasteiger charge is -2.13. The molecule has 0 saturated heterocycles. The highest BCUT2D eigenvalue weighted by Gasteiger charge is 2.28. The SMILES string of the molecule is Cc1cccc2c1C(C)CC2NCCCO. The van der Waals surface area contributed by atoms with Crippen molar-refractivity contribution in [2.45, 2.75) is 38.6 Å². The van der Waals surface area contributed by atoms with E-state index in [2.05, 4.69) is 37.4 Å². The van der Waals surface area contributed by atoms with Crippen molar-refractivity contribution in [1.29, 1.82) is 0 Å². The van der Waals surface area contributed by atoms with Gasteiger partial charge in [0.15, 0.2) is 0 Å². The zero-order chi connectivity index (χ0) is 11.5. The van der Waals surface area contributed by atoms with Crippen LogP contribution in [-0.2, 0) is 0 Å². The number of fused-ring (bicyclic) bond motifs is 1. The van der Waals surface area contributed by atoms with E-state index in [4.69, 9.17) is 5.11 Å². The fourth-order valence-corrected chi connectivity index (χ4v) is 2.83. The van der Waals surface area contributed by atoms with E-state index in [-0.39, 0.29) is 6.61 Å². The number of rotatable bonds is 4. The van der Waals surface area contributed by atoms with Crippen molar-refractivity contribution in [3.63, 3.8) is 0 Å². The summed E-state index contributed by atoms with van der Waals surface area (Å²) in [4.78, 5) is 0. The minimum atomic E-state index is 0.274. The molecule has 16 heavy (non-hydrogen) atoms. The molecule has 0 radical (unpaired) electrons. The van der Waals surface area contributed by atoms with Crippen LogP contribution in [0.5, 0.6) is 0 Å². The first-order valence-corrected chi connectivity index (χ1v) is 6.17. The van der Waals surface area contributed by atoms with Crippen LogP contribution in [0.25, 0.3) is 0 Å². The molecule has 2 atom stereocenters. The summed E-state index contributed by atoms with van der Waals surface area (Å²) in [5, 5.41) is 12.3. The smallest absolute Gasteiger partial charge is 0.0443 e. The zero-order valence-corrected chi connectivity index (χ0v) is 10.2. The van der Waals surface area contributed by atoms with Gasteiger partial charge in [-0.05, 0) is 48.9 Å². The zero-order valence-electron chi connectivity index (χ0n) is 10.2. The summed E-state index contributed by atoms with van der Waals surface area (Å²) in [5.41, 5.74) is 4.41. The van der Waals surface area contributed by atoms with Gasteiger partial charge in [0.2, 0.25) is 0 Å². The van der Waals surface area contributed by atoms with Crippen molar-refractivity contribution in [3.8, 4) is 0 Å². The molecule has 0 bridgehead atoms. The average Bonchev–Trinajstić information content (AvgIpc) is 2.58. The van der Waals surface area contributed by atoms with Crippen LogP contribution in [0.1, 0.15) is 48.4 Å². The highest BCUT2D eigenvalue weighted by atomic mass is 16.3. The molecule has 2 nitrogen and oxygen atoms in total. The van der Waals surface area contributed by atoms with Gasteiger partial charge in [0.1, 0.15) is 0 Å². The average molecular weight is 219 g/mol. The first-order chi connectivity index (χ1) is 7.74. The van der Waals surface area contributed by atoms with Gasteiger partial charge in [-0.25, -0.2) is 0 Å². The largest absolute Gasteiger partial charge is 0.396 e. The Labute approximate surface area is 97.7 Å². The van der Waals surface area contributed by atoms with E-state index in [0.29, 0.717) is 12.0 Å². The quantitative estimate of drug-likeness (QED) is 0.763. The lowest BCUT2D eigenvalue weighted by Crippen LogP contribution is -2.21. The molecule has 1 aliphatic carbocycles. The van der Waals surface area contributed by atoms with Gasteiger partial charge >= 0.3 is 0 Å². The van der Waals surface area contributed by atoms with Crippen molar-refractivity contribution in [3.05, 3.63) is 34.9 Å². The predicted octanol–water partition coefficient (Wildman–Crippen LogP) is 2.52. The third kappa shape index (κ3) is 2.13. The summed E-state index contributed by atoms with van der Waals surface area (Å²) in [6, 6.07) is 7.07. The molecule has 1 aromatic rings. The molecular formula is C14H21NO. The topological polar surface area (TPSA) is 32.3 Å². The molecule has 0 aliphatic heterocycles. The molecule has 0 aromatic heterocycles. The van der Waals surface area contributed by atoms with E-state index >= 15 is 0 Å². The lowest BCUT2D eigenvalue weighted by molar-refractivity contribution is 0.283. The van der Waals surface area contributed by atoms with E-state index < -0.39 is 0 Å². The summed E-state index contributed by atoms with van der Waals surface area (Å²) < 4.78 is 0. The van der Waals surface area contributed by atoms with E-state index in [0.717, 1.165) is 13.0 Å². The Morgan fingerprint density at radius 3 is 3.00 bits per heavy atom. The Bertz CT molecular complexity index is 362. The summed E-state index contributed by atoms with van der Waals surface area (Å²) in [7, 11) is 0. The molecule has 0 heterocycles. The molecule has 88 valence electrons. The lowest BCUT2D eigenvalue weighted by atomic mass is 9.98. The number of aliphatic hydroxyl groups is 1. The molecule has 2 rings (SSSR count). The van der Waals surface area contributed by atoms with Gasteiger partial charge in [0.25, 0.3) is 0 Å². The number of hydrogen-bond donors (Lipinski definition) is 2. The van der Waals surface area contributed by atoms with Gasteiger partial charge < -0.3 is 10.4 Å². The highest BCUT2D eigenvalue weighted by molar-refractivity contribution is 5.43. The maximum Gasteiger partial charge on any atom is 0.0443 e. The Morgan fingerprint density at radius 2 is 2.25 bits per heavy atom. The second-order valence-corrected chi connectivity index (χ2v) is 4.80. The highest BCUT2D eigenvalue weighted by Crippen LogP contribution is 2.41. The number of aliphatic hydroxyl groups excluding tert-OH is 1. The normalized spacial score (nSPS) is 23.4. The van der Waals surface area contributed by atoms with Crippen molar-refractivity contribution >= 4 is 0 Å². The van der Waals surface area contributed by atoms with E-state index in [1.165, 1.54) is 23.1 Å². The molecule has 2 N–H and O–H groups in total. The summed E-state index contributed by atoms with van der Waals surface area (Å²) in [5.74, 6) is 0.655. The van der Waals surface area contributed by atoms with Crippen molar-refractivity contribution in [1.82, 2.24) is 5.32 Å². The second kappa shape index (κ2) is 4.98. The maximum atomic E-state index is 8.79.